The Hall–Kier alpha value is -0.360. The van der Waals surface area contributed by atoms with Crippen molar-refractivity contribution < 1.29 is 0 Å². The third-order valence-corrected chi connectivity index (χ3v) is 6.45. The Morgan fingerprint density at radius 1 is 1.24 bits per heavy atom. The summed E-state index contributed by atoms with van der Waals surface area (Å²) >= 11 is 14.1. The average molecular weight is 342 g/mol. The van der Waals surface area contributed by atoms with Crippen molar-refractivity contribution in [2.24, 2.45) is 17.3 Å². The average Bonchev–Trinajstić information content (AvgIpc) is 2.42. The Balaban J connectivity index is 2.18. The maximum absolute atomic E-state index is 9.43. The number of nitriles is 1. The molecule has 1 aromatic rings. The van der Waals surface area contributed by atoms with Gasteiger partial charge < -0.3 is 0 Å². The van der Waals surface area contributed by atoms with Crippen molar-refractivity contribution in [1.29, 1.82) is 5.26 Å². The van der Waals surface area contributed by atoms with Crippen LogP contribution in [-0.4, -0.2) is 5.25 Å². The summed E-state index contributed by atoms with van der Waals surface area (Å²) in [5, 5.41) is 11.1. The standard InChI is InChI=1S/C17H21Cl2NS/c1-17(2,3)12-5-4-11(10-20)15(8-12)21-16-9-13(18)6-7-14(16)19/h6-7,9,11-12,15H,4-5,8H2,1-3H3. The number of benzene rings is 1. The minimum absolute atomic E-state index is 0.101. The summed E-state index contributed by atoms with van der Waals surface area (Å²) in [4.78, 5) is 0.990. The van der Waals surface area contributed by atoms with Crippen LogP contribution in [-0.2, 0) is 0 Å². The van der Waals surface area contributed by atoms with Gasteiger partial charge in [-0.3, -0.25) is 0 Å². The molecule has 1 nitrogen and oxygen atoms in total. The molecule has 0 heterocycles. The molecule has 2 rings (SSSR count). The quantitative estimate of drug-likeness (QED) is 0.617. The van der Waals surface area contributed by atoms with E-state index in [4.69, 9.17) is 23.2 Å². The molecule has 114 valence electrons. The highest BCUT2D eigenvalue weighted by Gasteiger charge is 2.36. The molecule has 0 amide bonds. The van der Waals surface area contributed by atoms with Crippen molar-refractivity contribution in [2.75, 3.05) is 0 Å². The first-order valence-corrected chi connectivity index (χ1v) is 8.96. The van der Waals surface area contributed by atoms with Crippen molar-refractivity contribution >= 4 is 35.0 Å². The lowest BCUT2D eigenvalue weighted by molar-refractivity contribution is 0.169. The van der Waals surface area contributed by atoms with Gasteiger partial charge in [0.1, 0.15) is 0 Å². The van der Waals surface area contributed by atoms with Crippen LogP contribution in [0, 0.1) is 28.6 Å². The molecule has 0 aromatic heterocycles. The minimum Gasteiger partial charge on any atom is -0.198 e. The van der Waals surface area contributed by atoms with E-state index in [-0.39, 0.29) is 11.3 Å². The maximum Gasteiger partial charge on any atom is 0.0667 e. The topological polar surface area (TPSA) is 23.8 Å². The zero-order valence-corrected chi connectivity index (χ0v) is 15.0. The lowest BCUT2D eigenvalue weighted by Gasteiger charge is -2.39. The Morgan fingerprint density at radius 2 is 1.95 bits per heavy atom. The van der Waals surface area contributed by atoms with E-state index in [2.05, 4.69) is 26.8 Å². The van der Waals surface area contributed by atoms with E-state index in [9.17, 15) is 5.26 Å². The number of hydrogen-bond donors (Lipinski definition) is 0. The second-order valence-electron chi connectivity index (χ2n) is 6.84. The molecule has 0 N–H and O–H groups in total. The normalized spacial score (nSPS) is 26.4. The molecular formula is C17H21Cl2NS. The fraction of sp³-hybridized carbons (Fsp3) is 0.588. The Kier molecular flexibility index (Phi) is 5.52. The van der Waals surface area contributed by atoms with Crippen LogP contribution in [0.15, 0.2) is 23.1 Å². The highest BCUT2D eigenvalue weighted by atomic mass is 35.5. The highest BCUT2D eigenvalue weighted by Crippen LogP contribution is 2.46. The molecule has 0 aliphatic heterocycles. The largest absolute Gasteiger partial charge is 0.198 e. The van der Waals surface area contributed by atoms with Crippen molar-refractivity contribution in [3.05, 3.63) is 28.2 Å². The number of hydrogen-bond acceptors (Lipinski definition) is 2. The molecule has 0 saturated heterocycles. The summed E-state index contributed by atoms with van der Waals surface area (Å²) < 4.78 is 0. The van der Waals surface area contributed by atoms with Crippen molar-refractivity contribution in [3.63, 3.8) is 0 Å². The highest BCUT2D eigenvalue weighted by molar-refractivity contribution is 8.00. The molecule has 21 heavy (non-hydrogen) atoms. The number of thioether (sulfide) groups is 1. The van der Waals surface area contributed by atoms with Gasteiger partial charge in [0.15, 0.2) is 0 Å². The van der Waals surface area contributed by atoms with Crippen LogP contribution in [0.5, 0.6) is 0 Å². The Bertz CT molecular complexity index is 545. The van der Waals surface area contributed by atoms with Gasteiger partial charge in [0.25, 0.3) is 0 Å². The summed E-state index contributed by atoms with van der Waals surface area (Å²) in [5.74, 6) is 0.751. The minimum atomic E-state index is 0.101. The summed E-state index contributed by atoms with van der Waals surface area (Å²) in [7, 11) is 0. The number of halogens is 2. The van der Waals surface area contributed by atoms with Crippen LogP contribution in [0.3, 0.4) is 0 Å². The van der Waals surface area contributed by atoms with E-state index in [0.29, 0.717) is 16.2 Å². The third-order valence-electron chi connectivity index (χ3n) is 4.35. The van der Waals surface area contributed by atoms with Crippen molar-refractivity contribution in [3.8, 4) is 6.07 Å². The predicted molar refractivity (Wildman–Crippen MR) is 92.0 cm³/mol. The summed E-state index contributed by atoms with van der Waals surface area (Å²) in [5.41, 5.74) is 0.289. The first kappa shape index (κ1) is 17.0. The van der Waals surface area contributed by atoms with Crippen LogP contribution >= 0.6 is 35.0 Å². The fourth-order valence-corrected chi connectivity index (χ4v) is 4.80. The van der Waals surface area contributed by atoms with E-state index in [1.807, 2.05) is 12.1 Å². The molecule has 1 aromatic carbocycles. The van der Waals surface area contributed by atoms with E-state index < -0.39 is 0 Å². The molecule has 4 heteroatoms. The van der Waals surface area contributed by atoms with E-state index >= 15 is 0 Å². The molecule has 0 radical (unpaired) electrons. The van der Waals surface area contributed by atoms with Gasteiger partial charge in [-0.1, -0.05) is 44.0 Å². The molecule has 1 fully saturated rings. The molecule has 0 bridgehead atoms. The molecule has 1 saturated carbocycles. The van der Waals surface area contributed by atoms with Gasteiger partial charge in [-0.2, -0.15) is 5.26 Å². The predicted octanol–water partition coefficient (Wildman–Crippen LogP) is 6.44. The Labute approximate surface area is 142 Å². The zero-order valence-electron chi connectivity index (χ0n) is 12.7. The van der Waals surface area contributed by atoms with Gasteiger partial charge >= 0.3 is 0 Å². The smallest absolute Gasteiger partial charge is 0.0667 e. The van der Waals surface area contributed by atoms with Gasteiger partial charge in [0.2, 0.25) is 0 Å². The third kappa shape index (κ3) is 4.31. The van der Waals surface area contributed by atoms with E-state index in [1.54, 1.807) is 17.8 Å². The zero-order chi connectivity index (χ0) is 15.6. The molecule has 1 aliphatic carbocycles. The second kappa shape index (κ2) is 6.82. The van der Waals surface area contributed by atoms with Crippen LogP contribution in [0.25, 0.3) is 0 Å². The van der Waals surface area contributed by atoms with Gasteiger partial charge in [-0.15, -0.1) is 11.8 Å². The monoisotopic (exact) mass is 341 g/mol. The number of rotatable bonds is 2. The van der Waals surface area contributed by atoms with Crippen molar-refractivity contribution in [2.45, 2.75) is 50.2 Å². The molecule has 1 aliphatic rings. The van der Waals surface area contributed by atoms with Crippen LogP contribution < -0.4 is 0 Å². The second-order valence-corrected chi connectivity index (χ2v) is 8.97. The molecule has 3 atom stereocenters. The van der Waals surface area contributed by atoms with Crippen LogP contribution in [0.4, 0.5) is 0 Å². The van der Waals surface area contributed by atoms with E-state index in [1.165, 1.54) is 0 Å². The lowest BCUT2D eigenvalue weighted by atomic mass is 9.70. The first-order chi connectivity index (χ1) is 9.81. The first-order valence-electron chi connectivity index (χ1n) is 7.32. The van der Waals surface area contributed by atoms with Gasteiger partial charge in [-0.05, 0) is 48.8 Å². The molecule has 0 spiro atoms. The fourth-order valence-electron chi connectivity index (χ4n) is 2.92. The molecule has 3 unspecified atom stereocenters. The maximum atomic E-state index is 9.43. The van der Waals surface area contributed by atoms with Gasteiger partial charge in [0.05, 0.1) is 17.0 Å². The lowest BCUT2D eigenvalue weighted by Crippen LogP contribution is -2.33. The van der Waals surface area contributed by atoms with Gasteiger partial charge in [0, 0.05) is 15.2 Å². The SMILES string of the molecule is CC(C)(C)C1CCC(C#N)C(Sc2cc(Cl)ccc2Cl)C1. The van der Waals surface area contributed by atoms with Gasteiger partial charge in [-0.25, -0.2) is 0 Å². The summed E-state index contributed by atoms with van der Waals surface area (Å²) in [6.45, 7) is 6.87. The molecular weight excluding hydrogens is 321 g/mol. The van der Waals surface area contributed by atoms with Crippen LogP contribution in [0.1, 0.15) is 40.0 Å². The summed E-state index contributed by atoms with van der Waals surface area (Å²) in [6, 6.07) is 8.02. The number of nitrogens with zero attached hydrogens (tertiary/aromatic N) is 1. The van der Waals surface area contributed by atoms with E-state index in [0.717, 1.165) is 29.2 Å². The van der Waals surface area contributed by atoms with Crippen molar-refractivity contribution in [1.82, 2.24) is 0 Å². The summed E-state index contributed by atoms with van der Waals surface area (Å²) in [6.07, 6.45) is 3.19. The Morgan fingerprint density at radius 3 is 2.57 bits per heavy atom. The van der Waals surface area contributed by atoms with Crippen LogP contribution in [0.2, 0.25) is 10.0 Å².